The van der Waals surface area contributed by atoms with Crippen LogP contribution in [-0.2, 0) is 19.1 Å². The molecule has 0 spiro atoms. The van der Waals surface area contributed by atoms with E-state index in [0.29, 0.717) is 12.8 Å². The van der Waals surface area contributed by atoms with Gasteiger partial charge in [-0.2, -0.15) is 0 Å². The second-order valence-corrected chi connectivity index (χ2v) is 13.3. The number of unbranched alkanes of at least 4 members (excludes halogenated alkanes) is 12. The molecule has 294 valence electrons. The third kappa shape index (κ3) is 39.6. The fourth-order valence-corrected chi connectivity index (χ4v) is 5.23. The minimum atomic E-state index is -0.798. The van der Waals surface area contributed by atoms with E-state index < -0.39 is 6.10 Å². The Labute approximate surface area is 319 Å². The molecular weight excluding hydrogens is 645 g/mol. The maximum atomic E-state index is 12.2. The lowest BCUT2D eigenvalue weighted by Gasteiger charge is -2.15. The SMILES string of the molecule is CC/C=C\C/C=C\C/C=C\C/C=C\C/C=C\C/C=C\C/C=C\CCCCCC(=O)OC(CO)COC(=O)CCCCCCC/C=C\CCCCCC. The van der Waals surface area contributed by atoms with Crippen molar-refractivity contribution < 1.29 is 24.2 Å². The van der Waals surface area contributed by atoms with E-state index in [-0.39, 0.29) is 25.2 Å². The summed E-state index contributed by atoms with van der Waals surface area (Å²) in [6, 6.07) is 0. The summed E-state index contributed by atoms with van der Waals surface area (Å²) in [6.45, 7) is 3.95. The number of rotatable bonds is 36. The molecule has 0 radical (unpaired) electrons. The number of carbonyl (C=O) groups excluding carboxylic acids is 2. The summed E-state index contributed by atoms with van der Waals surface area (Å²) < 4.78 is 10.6. The zero-order valence-corrected chi connectivity index (χ0v) is 33.3. The molecule has 0 bridgehead atoms. The molecule has 0 saturated heterocycles. The van der Waals surface area contributed by atoms with Crippen LogP contribution in [0.5, 0.6) is 0 Å². The number of ether oxygens (including phenoxy) is 2. The van der Waals surface area contributed by atoms with Gasteiger partial charge in [-0.3, -0.25) is 9.59 Å². The first-order valence-electron chi connectivity index (χ1n) is 20.8. The molecule has 0 aliphatic heterocycles. The molecule has 1 N–H and O–H groups in total. The summed E-state index contributed by atoms with van der Waals surface area (Å²) in [6.07, 6.45) is 59.0. The average Bonchev–Trinajstić information content (AvgIpc) is 3.15. The second kappa shape index (κ2) is 42.2. The highest BCUT2D eigenvalue weighted by atomic mass is 16.6. The van der Waals surface area contributed by atoms with Gasteiger partial charge >= 0.3 is 11.9 Å². The number of esters is 2. The first-order valence-corrected chi connectivity index (χ1v) is 20.8. The van der Waals surface area contributed by atoms with Crippen LogP contribution in [0.1, 0.15) is 168 Å². The van der Waals surface area contributed by atoms with Gasteiger partial charge in [0.15, 0.2) is 6.10 Å². The van der Waals surface area contributed by atoms with Crippen molar-refractivity contribution in [3.8, 4) is 0 Å². The van der Waals surface area contributed by atoms with Crippen molar-refractivity contribution in [1.82, 2.24) is 0 Å². The Morgan fingerprint density at radius 3 is 1.29 bits per heavy atom. The molecule has 0 amide bonds. The lowest BCUT2D eigenvalue weighted by Crippen LogP contribution is -2.28. The molecule has 0 fully saturated rings. The summed E-state index contributed by atoms with van der Waals surface area (Å²) in [4.78, 5) is 24.3. The fourth-order valence-electron chi connectivity index (χ4n) is 5.23. The van der Waals surface area contributed by atoms with Gasteiger partial charge in [-0.05, 0) is 96.3 Å². The van der Waals surface area contributed by atoms with Gasteiger partial charge in [-0.25, -0.2) is 0 Å². The third-order valence-corrected chi connectivity index (χ3v) is 8.36. The third-order valence-electron chi connectivity index (χ3n) is 8.36. The van der Waals surface area contributed by atoms with Crippen molar-refractivity contribution in [2.45, 2.75) is 174 Å². The van der Waals surface area contributed by atoms with Gasteiger partial charge in [0, 0.05) is 12.8 Å². The van der Waals surface area contributed by atoms with Crippen LogP contribution >= 0.6 is 0 Å². The Kier molecular flexibility index (Phi) is 39.7. The quantitative estimate of drug-likeness (QED) is 0.0396. The number of hydrogen-bond acceptors (Lipinski definition) is 5. The number of aliphatic hydroxyl groups excluding tert-OH is 1. The van der Waals surface area contributed by atoms with E-state index in [2.05, 4.69) is 111 Å². The normalized spacial score (nSPS) is 13.2. The maximum Gasteiger partial charge on any atom is 0.306 e. The van der Waals surface area contributed by atoms with Gasteiger partial charge in [0.05, 0.1) is 6.61 Å². The van der Waals surface area contributed by atoms with Crippen LogP contribution in [-0.4, -0.2) is 36.4 Å². The zero-order chi connectivity index (χ0) is 37.8. The summed E-state index contributed by atoms with van der Waals surface area (Å²) in [7, 11) is 0. The minimum absolute atomic E-state index is 0.0899. The molecule has 0 aromatic heterocycles. The molecule has 0 heterocycles. The predicted octanol–water partition coefficient (Wildman–Crippen LogP) is 13.3. The van der Waals surface area contributed by atoms with Crippen molar-refractivity contribution in [3.05, 3.63) is 97.2 Å². The highest BCUT2D eigenvalue weighted by molar-refractivity contribution is 5.70. The maximum absolute atomic E-state index is 12.2. The molecule has 0 aliphatic rings. The molecule has 0 aromatic carbocycles. The topological polar surface area (TPSA) is 72.8 Å². The van der Waals surface area contributed by atoms with Gasteiger partial charge in [-0.1, -0.05) is 156 Å². The van der Waals surface area contributed by atoms with Gasteiger partial charge in [0.2, 0.25) is 0 Å². The summed E-state index contributed by atoms with van der Waals surface area (Å²) in [5.41, 5.74) is 0. The first-order chi connectivity index (χ1) is 25.6. The Bertz CT molecular complexity index is 1040. The van der Waals surface area contributed by atoms with Crippen LogP contribution in [0, 0.1) is 0 Å². The van der Waals surface area contributed by atoms with Gasteiger partial charge in [0.25, 0.3) is 0 Å². The van der Waals surface area contributed by atoms with Crippen molar-refractivity contribution in [2.75, 3.05) is 13.2 Å². The number of hydrogen-bond donors (Lipinski definition) is 1. The zero-order valence-electron chi connectivity index (χ0n) is 33.3. The van der Waals surface area contributed by atoms with E-state index in [1.807, 2.05) is 0 Å². The van der Waals surface area contributed by atoms with E-state index in [1.54, 1.807) is 0 Å². The smallest absolute Gasteiger partial charge is 0.306 e. The summed E-state index contributed by atoms with van der Waals surface area (Å²) >= 11 is 0. The Balaban J connectivity index is 3.70. The lowest BCUT2D eigenvalue weighted by atomic mass is 10.1. The number of aliphatic hydroxyl groups is 1. The van der Waals surface area contributed by atoms with Gasteiger partial charge in [-0.15, -0.1) is 0 Å². The van der Waals surface area contributed by atoms with Crippen molar-refractivity contribution in [1.29, 1.82) is 0 Å². The van der Waals surface area contributed by atoms with E-state index in [0.717, 1.165) is 96.3 Å². The predicted molar refractivity (Wildman–Crippen MR) is 223 cm³/mol. The summed E-state index contributed by atoms with van der Waals surface area (Å²) in [5, 5.41) is 9.56. The largest absolute Gasteiger partial charge is 0.462 e. The number of carbonyl (C=O) groups is 2. The molecule has 5 heteroatoms. The van der Waals surface area contributed by atoms with E-state index >= 15 is 0 Å². The second-order valence-electron chi connectivity index (χ2n) is 13.3. The van der Waals surface area contributed by atoms with Crippen molar-refractivity contribution >= 4 is 11.9 Å². The fraction of sp³-hybridized carbons (Fsp3) is 0.617. The summed E-state index contributed by atoms with van der Waals surface area (Å²) in [5.74, 6) is -0.649. The Morgan fingerprint density at radius 2 is 0.827 bits per heavy atom. The van der Waals surface area contributed by atoms with Gasteiger partial charge < -0.3 is 14.6 Å². The first kappa shape index (κ1) is 48.8. The van der Waals surface area contributed by atoms with Crippen molar-refractivity contribution in [2.24, 2.45) is 0 Å². The molecule has 0 aliphatic carbocycles. The van der Waals surface area contributed by atoms with Crippen LogP contribution in [0.15, 0.2) is 97.2 Å². The average molecular weight is 721 g/mol. The molecule has 0 saturated carbocycles. The Morgan fingerprint density at radius 1 is 0.462 bits per heavy atom. The molecule has 0 aromatic rings. The molecule has 1 unspecified atom stereocenters. The van der Waals surface area contributed by atoms with Crippen LogP contribution in [0.3, 0.4) is 0 Å². The van der Waals surface area contributed by atoms with Crippen LogP contribution < -0.4 is 0 Å². The van der Waals surface area contributed by atoms with Gasteiger partial charge in [0.1, 0.15) is 6.61 Å². The lowest BCUT2D eigenvalue weighted by molar-refractivity contribution is -0.161. The van der Waals surface area contributed by atoms with E-state index in [9.17, 15) is 14.7 Å². The highest BCUT2D eigenvalue weighted by Gasteiger charge is 2.16. The Hall–Kier alpha value is -3.18. The standard InChI is InChI=1S/C47H76O5/c1-3-5-7-9-11-13-15-17-18-19-20-21-22-23-24-25-26-27-28-30-32-34-36-38-40-42-47(50)52-45(43-48)44-51-46(49)41-39-37-35-33-31-29-16-14-12-10-8-6-4-2/h5,7,11,13-14,16-18,20-21,23-24,26-27,30,32,45,48H,3-4,6,8-10,12,15,19,22,25,28-29,31,33-44H2,1-2H3/b7-5-,13-11-,16-14-,18-17-,21-20-,24-23-,27-26-,32-30-. The van der Waals surface area contributed by atoms with Crippen molar-refractivity contribution in [3.63, 3.8) is 0 Å². The highest BCUT2D eigenvalue weighted by Crippen LogP contribution is 2.11. The monoisotopic (exact) mass is 721 g/mol. The van der Waals surface area contributed by atoms with E-state index in [4.69, 9.17) is 9.47 Å². The van der Waals surface area contributed by atoms with E-state index in [1.165, 1.54) is 44.9 Å². The molecule has 0 rings (SSSR count). The minimum Gasteiger partial charge on any atom is -0.462 e. The molecular formula is C47H76O5. The molecule has 5 nitrogen and oxygen atoms in total. The molecule has 1 atom stereocenters. The van der Waals surface area contributed by atoms with Crippen LogP contribution in [0.2, 0.25) is 0 Å². The van der Waals surface area contributed by atoms with Crippen LogP contribution in [0.4, 0.5) is 0 Å². The van der Waals surface area contributed by atoms with Crippen LogP contribution in [0.25, 0.3) is 0 Å². The number of allylic oxidation sites excluding steroid dienone is 16. The molecule has 52 heavy (non-hydrogen) atoms.